The number of aromatic amines is 2. The Morgan fingerprint density at radius 3 is 2.64 bits per heavy atom. The molecular formula is C15H15N3O4. The molecule has 3 N–H and O–H groups in total. The van der Waals surface area contributed by atoms with Crippen LogP contribution in [0.25, 0.3) is 0 Å². The number of nitrogens with zero attached hydrogens (tertiary/aromatic N) is 1. The second-order valence-electron chi connectivity index (χ2n) is 5.30. The van der Waals surface area contributed by atoms with Gasteiger partial charge in [0.25, 0.3) is 5.56 Å². The Bertz CT molecular complexity index is 837. The number of aromatic nitrogens is 2. The number of carbonyl (C=O) groups is 1. The third-order valence-electron chi connectivity index (χ3n) is 3.85. The highest BCUT2D eigenvalue weighted by Crippen LogP contribution is 2.19. The fourth-order valence-corrected chi connectivity index (χ4v) is 2.76. The average Bonchev–Trinajstić information content (AvgIpc) is 2.49. The van der Waals surface area contributed by atoms with Crippen LogP contribution in [0.2, 0.25) is 0 Å². The molecule has 0 aliphatic carbocycles. The van der Waals surface area contributed by atoms with Gasteiger partial charge in [-0.25, -0.2) is 9.59 Å². The highest BCUT2D eigenvalue weighted by atomic mass is 16.4. The number of carboxylic acids is 1. The number of fused-ring (bicyclic) bond motifs is 1. The second-order valence-corrected chi connectivity index (χ2v) is 5.30. The molecule has 22 heavy (non-hydrogen) atoms. The number of benzene rings is 1. The van der Waals surface area contributed by atoms with E-state index in [0.717, 1.165) is 13.0 Å². The van der Waals surface area contributed by atoms with E-state index >= 15 is 0 Å². The largest absolute Gasteiger partial charge is 0.477 e. The quantitative estimate of drug-likeness (QED) is 0.757. The molecule has 7 heteroatoms. The lowest BCUT2D eigenvalue weighted by molar-refractivity contribution is 0.0686. The summed E-state index contributed by atoms with van der Waals surface area (Å²) in [7, 11) is 0. The molecule has 1 aromatic carbocycles. The molecule has 0 bridgehead atoms. The molecular weight excluding hydrogens is 286 g/mol. The molecule has 1 aromatic heterocycles. The molecule has 0 radical (unpaired) electrons. The van der Waals surface area contributed by atoms with E-state index in [9.17, 15) is 14.4 Å². The summed E-state index contributed by atoms with van der Waals surface area (Å²) in [4.78, 5) is 40.7. The van der Waals surface area contributed by atoms with E-state index in [-0.39, 0.29) is 17.8 Å². The molecule has 0 saturated heterocycles. The zero-order chi connectivity index (χ0) is 15.7. The first-order valence-electron chi connectivity index (χ1n) is 6.92. The van der Waals surface area contributed by atoms with Crippen molar-refractivity contribution in [1.82, 2.24) is 14.9 Å². The van der Waals surface area contributed by atoms with Crippen LogP contribution in [-0.2, 0) is 19.5 Å². The molecule has 0 saturated carbocycles. The Kier molecular flexibility index (Phi) is 3.64. The summed E-state index contributed by atoms with van der Waals surface area (Å²) in [6, 6.07) is 8.04. The zero-order valence-corrected chi connectivity index (χ0v) is 11.8. The number of nitrogens with one attached hydrogen (secondary N) is 2. The summed E-state index contributed by atoms with van der Waals surface area (Å²) in [5.41, 5.74) is 0.716. The van der Waals surface area contributed by atoms with E-state index < -0.39 is 17.2 Å². The maximum absolute atomic E-state index is 11.9. The monoisotopic (exact) mass is 301 g/mol. The smallest absolute Gasteiger partial charge is 0.352 e. The summed E-state index contributed by atoms with van der Waals surface area (Å²) >= 11 is 0. The first-order valence-corrected chi connectivity index (χ1v) is 6.92. The third kappa shape index (κ3) is 2.71. The maximum Gasteiger partial charge on any atom is 0.352 e. The lowest BCUT2D eigenvalue weighted by atomic mass is 9.99. The van der Waals surface area contributed by atoms with Crippen molar-refractivity contribution in [2.45, 2.75) is 19.5 Å². The fourth-order valence-electron chi connectivity index (χ4n) is 2.76. The lowest BCUT2D eigenvalue weighted by Gasteiger charge is -2.28. The first-order chi connectivity index (χ1) is 10.5. The third-order valence-corrected chi connectivity index (χ3v) is 3.85. The van der Waals surface area contributed by atoms with E-state index in [1.807, 2.05) is 23.1 Å². The Balaban J connectivity index is 1.90. The van der Waals surface area contributed by atoms with Crippen molar-refractivity contribution in [2.24, 2.45) is 0 Å². The van der Waals surface area contributed by atoms with Crippen molar-refractivity contribution in [3.8, 4) is 0 Å². The van der Waals surface area contributed by atoms with Gasteiger partial charge in [0.15, 0.2) is 0 Å². The molecule has 0 atom stereocenters. The number of hydrogen-bond acceptors (Lipinski definition) is 4. The molecule has 114 valence electrons. The topological polar surface area (TPSA) is 106 Å². The highest BCUT2D eigenvalue weighted by molar-refractivity contribution is 5.86. The van der Waals surface area contributed by atoms with Gasteiger partial charge >= 0.3 is 11.7 Å². The molecule has 3 rings (SSSR count). The minimum absolute atomic E-state index is 0.0754. The van der Waals surface area contributed by atoms with E-state index in [0.29, 0.717) is 6.54 Å². The molecule has 0 fully saturated rings. The normalized spacial score (nSPS) is 14.5. The van der Waals surface area contributed by atoms with E-state index in [1.54, 1.807) is 0 Å². The van der Waals surface area contributed by atoms with Gasteiger partial charge in [0.1, 0.15) is 5.69 Å². The predicted octanol–water partition coefficient (Wildman–Crippen LogP) is 0.320. The van der Waals surface area contributed by atoms with Crippen molar-refractivity contribution in [1.29, 1.82) is 0 Å². The van der Waals surface area contributed by atoms with Crippen LogP contribution in [-0.4, -0.2) is 32.5 Å². The first kappa shape index (κ1) is 14.3. The van der Waals surface area contributed by atoms with Crippen molar-refractivity contribution < 1.29 is 9.90 Å². The molecule has 0 spiro atoms. The van der Waals surface area contributed by atoms with Crippen LogP contribution in [0.15, 0.2) is 33.9 Å². The Morgan fingerprint density at radius 2 is 1.91 bits per heavy atom. The van der Waals surface area contributed by atoms with Gasteiger partial charge in [-0.3, -0.25) is 14.7 Å². The van der Waals surface area contributed by atoms with Crippen molar-refractivity contribution in [2.75, 3.05) is 6.54 Å². The minimum Gasteiger partial charge on any atom is -0.477 e. The Hall–Kier alpha value is -2.67. The lowest BCUT2D eigenvalue weighted by Crippen LogP contribution is -2.36. The van der Waals surface area contributed by atoms with Crippen molar-refractivity contribution in [3.63, 3.8) is 0 Å². The Morgan fingerprint density at radius 1 is 1.18 bits per heavy atom. The number of aromatic carboxylic acids is 1. The summed E-state index contributed by atoms with van der Waals surface area (Å²) in [6.07, 6.45) is 0.847. The van der Waals surface area contributed by atoms with Crippen molar-refractivity contribution >= 4 is 5.97 Å². The number of H-pyrrole nitrogens is 2. The SMILES string of the molecule is O=C(O)c1[nH]c(=O)[nH]c(=O)c1CN1CCc2ccccc2C1. The predicted molar refractivity (Wildman–Crippen MR) is 78.9 cm³/mol. The maximum atomic E-state index is 11.9. The fraction of sp³-hybridized carbons (Fsp3) is 0.267. The molecule has 0 unspecified atom stereocenters. The minimum atomic E-state index is -1.31. The van der Waals surface area contributed by atoms with Gasteiger partial charge in [-0.05, 0) is 17.5 Å². The van der Waals surface area contributed by atoms with Crippen LogP contribution < -0.4 is 11.2 Å². The number of hydrogen-bond donors (Lipinski definition) is 3. The van der Waals surface area contributed by atoms with Gasteiger partial charge in [0.2, 0.25) is 0 Å². The van der Waals surface area contributed by atoms with Crippen LogP contribution in [0.1, 0.15) is 27.2 Å². The molecule has 2 heterocycles. The average molecular weight is 301 g/mol. The van der Waals surface area contributed by atoms with Crippen LogP contribution in [0.3, 0.4) is 0 Å². The summed E-state index contributed by atoms with van der Waals surface area (Å²) in [5, 5.41) is 9.16. The molecule has 1 aliphatic heterocycles. The van der Waals surface area contributed by atoms with Gasteiger partial charge in [0, 0.05) is 19.6 Å². The zero-order valence-electron chi connectivity index (χ0n) is 11.8. The summed E-state index contributed by atoms with van der Waals surface area (Å²) < 4.78 is 0. The number of rotatable bonds is 3. The standard InChI is InChI=1S/C15H15N3O4/c19-13-11(12(14(20)21)16-15(22)17-13)8-18-6-5-9-3-1-2-4-10(9)7-18/h1-4H,5-8H2,(H,20,21)(H2,16,17,19,22). The second kappa shape index (κ2) is 5.61. The van der Waals surface area contributed by atoms with E-state index in [1.165, 1.54) is 11.1 Å². The van der Waals surface area contributed by atoms with E-state index in [2.05, 4.69) is 16.0 Å². The molecule has 7 nitrogen and oxygen atoms in total. The van der Waals surface area contributed by atoms with Gasteiger partial charge in [0.05, 0.1) is 5.56 Å². The van der Waals surface area contributed by atoms with Crippen LogP contribution in [0, 0.1) is 0 Å². The van der Waals surface area contributed by atoms with Gasteiger partial charge in [-0.2, -0.15) is 0 Å². The van der Waals surface area contributed by atoms with Crippen LogP contribution in [0.5, 0.6) is 0 Å². The Labute approximate surface area is 125 Å². The molecule has 2 aromatic rings. The van der Waals surface area contributed by atoms with Gasteiger partial charge < -0.3 is 10.1 Å². The molecule has 1 aliphatic rings. The summed E-state index contributed by atoms with van der Waals surface area (Å²) in [5.74, 6) is -1.31. The van der Waals surface area contributed by atoms with E-state index in [4.69, 9.17) is 5.11 Å². The number of carboxylic acid groups (broad SMARTS) is 1. The summed E-state index contributed by atoms with van der Waals surface area (Å²) in [6.45, 7) is 1.56. The van der Waals surface area contributed by atoms with Crippen LogP contribution >= 0.6 is 0 Å². The highest BCUT2D eigenvalue weighted by Gasteiger charge is 2.21. The molecule has 0 amide bonds. The van der Waals surface area contributed by atoms with Gasteiger partial charge in [-0.15, -0.1) is 0 Å². The van der Waals surface area contributed by atoms with Gasteiger partial charge in [-0.1, -0.05) is 24.3 Å². The van der Waals surface area contributed by atoms with Crippen LogP contribution in [0.4, 0.5) is 0 Å². The van der Waals surface area contributed by atoms with Crippen molar-refractivity contribution in [3.05, 3.63) is 67.5 Å².